The zero-order valence-electron chi connectivity index (χ0n) is 11.7. The molecular weight excluding hydrogens is 405 g/mol. The first-order valence-corrected chi connectivity index (χ1v) is 8.27. The molecule has 0 bridgehead atoms. The summed E-state index contributed by atoms with van der Waals surface area (Å²) in [6.45, 7) is 0. The number of hydrogen-bond donors (Lipinski definition) is 0. The molecule has 4 nitrogen and oxygen atoms in total. The molecule has 4 aromatic rings. The fraction of sp³-hybridized carbons (Fsp3) is 0. The summed E-state index contributed by atoms with van der Waals surface area (Å²) < 4.78 is 42.4. The highest BCUT2D eigenvalue weighted by molar-refractivity contribution is 9.10. The van der Waals surface area contributed by atoms with Crippen LogP contribution in [0.25, 0.3) is 26.9 Å². The molecule has 2 heterocycles. The van der Waals surface area contributed by atoms with Crippen molar-refractivity contribution in [3.63, 3.8) is 0 Å². The van der Waals surface area contributed by atoms with E-state index >= 15 is 0 Å². The minimum absolute atomic E-state index is 0.0281. The van der Waals surface area contributed by atoms with E-state index in [-0.39, 0.29) is 17.2 Å². The molecule has 0 atom stereocenters. The molecule has 0 radical (unpaired) electrons. The highest BCUT2D eigenvalue weighted by atomic mass is 79.9. The van der Waals surface area contributed by atoms with Crippen LogP contribution in [0.1, 0.15) is 0 Å². The third kappa shape index (κ3) is 2.49. The maximum Gasteiger partial charge on any atom is 0.235 e. The molecule has 9 heteroatoms. The van der Waals surface area contributed by atoms with Gasteiger partial charge in [0.25, 0.3) is 0 Å². The predicted molar refractivity (Wildman–Crippen MR) is 87.1 cm³/mol. The van der Waals surface area contributed by atoms with Gasteiger partial charge in [-0.15, -0.1) is 10.2 Å². The highest BCUT2D eigenvalue weighted by Crippen LogP contribution is 2.31. The fourth-order valence-corrected chi connectivity index (χ4v) is 3.41. The Bertz CT molecular complexity index is 1080. The summed E-state index contributed by atoms with van der Waals surface area (Å²) in [7, 11) is 0. The van der Waals surface area contributed by atoms with Crippen LogP contribution in [0.4, 0.5) is 13.2 Å². The van der Waals surface area contributed by atoms with Crippen LogP contribution in [0.5, 0.6) is 0 Å². The van der Waals surface area contributed by atoms with Crippen LogP contribution in [0.2, 0.25) is 0 Å². The van der Waals surface area contributed by atoms with Crippen LogP contribution in [-0.2, 0) is 0 Å². The van der Waals surface area contributed by atoms with E-state index in [1.54, 1.807) is 12.1 Å². The van der Waals surface area contributed by atoms with Crippen LogP contribution in [0.3, 0.4) is 0 Å². The van der Waals surface area contributed by atoms with E-state index in [4.69, 9.17) is 0 Å². The smallest absolute Gasteiger partial charge is 0.207 e. The van der Waals surface area contributed by atoms with E-state index in [1.807, 2.05) is 0 Å². The van der Waals surface area contributed by atoms with Gasteiger partial charge in [0.1, 0.15) is 22.5 Å². The van der Waals surface area contributed by atoms with Crippen LogP contribution in [-0.4, -0.2) is 19.8 Å². The van der Waals surface area contributed by atoms with E-state index in [1.165, 1.54) is 21.9 Å². The lowest BCUT2D eigenvalue weighted by atomic mass is 10.2. The first-order chi connectivity index (χ1) is 11.5. The quantitative estimate of drug-likeness (QED) is 0.480. The summed E-state index contributed by atoms with van der Waals surface area (Å²) in [6.07, 6.45) is 0. The topological polar surface area (TPSA) is 43.1 Å². The fourth-order valence-electron chi connectivity index (χ4n) is 2.20. The Balaban J connectivity index is 1.87. The van der Waals surface area contributed by atoms with Crippen molar-refractivity contribution < 1.29 is 13.2 Å². The van der Waals surface area contributed by atoms with Gasteiger partial charge in [0.15, 0.2) is 5.82 Å². The van der Waals surface area contributed by atoms with Gasteiger partial charge < -0.3 is 0 Å². The Morgan fingerprint density at radius 3 is 2.54 bits per heavy atom. The molecule has 2 aromatic heterocycles. The molecule has 120 valence electrons. The summed E-state index contributed by atoms with van der Waals surface area (Å²) in [6, 6.07) is 7.57. The second-order valence-corrected chi connectivity index (χ2v) is 6.69. The number of aromatic nitrogens is 4. The van der Waals surface area contributed by atoms with Crippen LogP contribution in [0.15, 0.2) is 40.9 Å². The lowest BCUT2D eigenvalue weighted by Crippen LogP contribution is -1.94. The molecule has 0 spiro atoms. The van der Waals surface area contributed by atoms with Gasteiger partial charge in [-0.3, -0.25) is 0 Å². The summed E-state index contributed by atoms with van der Waals surface area (Å²) in [5.74, 6) is -1.49. The van der Waals surface area contributed by atoms with Gasteiger partial charge in [0, 0.05) is 5.56 Å². The lowest BCUT2D eigenvalue weighted by molar-refractivity contribution is 0.601. The van der Waals surface area contributed by atoms with Crippen molar-refractivity contribution in [2.45, 2.75) is 0 Å². The summed E-state index contributed by atoms with van der Waals surface area (Å²) in [4.78, 5) is 0.420. The van der Waals surface area contributed by atoms with Gasteiger partial charge in [-0.1, -0.05) is 11.3 Å². The van der Waals surface area contributed by atoms with Gasteiger partial charge in [0.2, 0.25) is 4.96 Å². The Hall–Kier alpha value is -2.26. The van der Waals surface area contributed by atoms with Crippen molar-refractivity contribution in [2.24, 2.45) is 0 Å². The minimum atomic E-state index is -0.621. The molecule has 0 amide bonds. The maximum atomic E-state index is 14.0. The number of halogens is 4. The lowest BCUT2D eigenvalue weighted by Gasteiger charge is -2.00. The number of rotatable bonds is 2. The monoisotopic (exact) mass is 410 g/mol. The summed E-state index contributed by atoms with van der Waals surface area (Å²) in [5.41, 5.74) is 0.643. The molecule has 4 rings (SSSR count). The normalized spacial score (nSPS) is 11.3. The van der Waals surface area contributed by atoms with E-state index in [9.17, 15) is 13.2 Å². The first kappa shape index (κ1) is 15.3. The van der Waals surface area contributed by atoms with Crippen LogP contribution >= 0.6 is 27.3 Å². The molecule has 0 aliphatic heterocycles. The first-order valence-electron chi connectivity index (χ1n) is 6.66. The molecule has 2 aromatic carbocycles. The van der Waals surface area contributed by atoms with Crippen molar-refractivity contribution in [3.05, 3.63) is 58.3 Å². The summed E-state index contributed by atoms with van der Waals surface area (Å²) in [5, 5.41) is 12.7. The van der Waals surface area contributed by atoms with Gasteiger partial charge >= 0.3 is 0 Å². The second kappa shape index (κ2) is 5.67. The molecule has 0 aliphatic carbocycles. The van der Waals surface area contributed by atoms with Crippen molar-refractivity contribution in [1.29, 1.82) is 0 Å². The van der Waals surface area contributed by atoms with Crippen molar-refractivity contribution in [1.82, 2.24) is 19.8 Å². The molecule has 0 N–H and O–H groups in total. The second-order valence-electron chi connectivity index (χ2n) is 4.88. The van der Waals surface area contributed by atoms with Gasteiger partial charge in [0.05, 0.1) is 10.0 Å². The van der Waals surface area contributed by atoms with Crippen LogP contribution in [0, 0.1) is 17.5 Å². The third-order valence-corrected chi connectivity index (χ3v) is 4.88. The van der Waals surface area contributed by atoms with Gasteiger partial charge in [-0.25, -0.2) is 13.2 Å². The molecule has 24 heavy (non-hydrogen) atoms. The number of nitrogens with zero attached hydrogens (tertiary/aromatic N) is 4. The van der Waals surface area contributed by atoms with Crippen molar-refractivity contribution in [2.75, 3.05) is 0 Å². The standard InChI is InChI=1S/C15H6BrF3N4S/c16-10-5-7(1-3-12(10)19)14-22-23-13(20-21-15(23)24-14)9-6-8(17)2-4-11(9)18/h1-6H. The zero-order chi connectivity index (χ0) is 16.8. The zero-order valence-corrected chi connectivity index (χ0v) is 14.1. The Kier molecular flexibility index (Phi) is 3.61. The van der Waals surface area contributed by atoms with Crippen LogP contribution < -0.4 is 0 Å². The average molecular weight is 411 g/mol. The van der Waals surface area contributed by atoms with E-state index in [0.717, 1.165) is 18.2 Å². The molecular formula is C15H6BrF3N4S. The Morgan fingerprint density at radius 2 is 1.75 bits per heavy atom. The highest BCUT2D eigenvalue weighted by Gasteiger charge is 2.18. The molecule has 0 aliphatic rings. The van der Waals surface area contributed by atoms with Crippen molar-refractivity contribution >= 4 is 32.2 Å². The molecule has 0 saturated carbocycles. The van der Waals surface area contributed by atoms with Crippen molar-refractivity contribution in [3.8, 4) is 22.0 Å². The number of hydrogen-bond acceptors (Lipinski definition) is 4. The SMILES string of the molecule is Fc1ccc(F)c(-c2nnc3sc(-c4ccc(F)c(Br)c4)nn23)c1. The Labute approximate surface area is 145 Å². The Morgan fingerprint density at radius 1 is 0.958 bits per heavy atom. The average Bonchev–Trinajstić information content (AvgIpc) is 3.13. The third-order valence-electron chi connectivity index (χ3n) is 3.33. The van der Waals surface area contributed by atoms with Gasteiger partial charge in [-0.2, -0.15) is 9.61 Å². The number of fused-ring (bicyclic) bond motifs is 1. The minimum Gasteiger partial charge on any atom is -0.207 e. The largest absolute Gasteiger partial charge is 0.235 e. The predicted octanol–water partition coefficient (Wildman–Crippen LogP) is 4.70. The van der Waals surface area contributed by atoms with E-state index in [2.05, 4.69) is 31.2 Å². The number of benzene rings is 2. The molecule has 0 fully saturated rings. The maximum absolute atomic E-state index is 14.0. The van der Waals surface area contributed by atoms with Gasteiger partial charge in [-0.05, 0) is 52.3 Å². The molecule has 0 unspecified atom stereocenters. The van der Waals surface area contributed by atoms with E-state index in [0.29, 0.717) is 20.0 Å². The summed E-state index contributed by atoms with van der Waals surface area (Å²) >= 11 is 4.33. The molecule has 0 saturated heterocycles. The van der Waals surface area contributed by atoms with E-state index < -0.39 is 11.6 Å².